The summed E-state index contributed by atoms with van der Waals surface area (Å²) in [6, 6.07) is 6.04. The van der Waals surface area contributed by atoms with Crippen LogP contribution >= 0.6 is 0 Å². The maximum absolute atomic E-state index is 12.0. The molecule has 0 spiro atoms. The van der Waals surface area contributed by atoms with Crippen LogP contribution in [0.2, 0.25) is 0 Å². The molecule has 0 heterocycles. The number of aryl methyl sites for hydroxylation is 2. The van der Waals surface area contributed by atoms with Gasteiger partial charge in [-0.3, -0.25) is 4.79 Å². The smallest absolute Gasteiger partial charge is 0.315 e. The highest BCUT2D eigenvalue weighted by Crippen LogP contribution is 2.24. The number of rotatable bonds is 4. The molecule has 1 aromatic carbocycles. The van der Waals surface area contributed by atoms with E-state index in [1.165, 1.54) is 24.0 Å². The van der Waals surface area contributed by atoms with Crippen molar-refractivity contribution in [1.29, 1.82) is 0 Å². The van der Waals surface area contributed by atoms with Gasteiger partial charge in [0.15, 0.2) is 0 Å². The van der Waals surface area contributed by atoms with Crippen LogP contribution in [-0.2, 0) is 17.6 Å². The molecule has 0 bridgehead atoms. The van der Waals surface area contributed by atoms with Crippen LogP contribution in [0.25, 0.3) is 0 Å². The van der Waals surface area contributed by atoms with E-state index in [1.807, 2.05) is 27.7 Å². The molecule has 0 saturated heterocycles. The number of fused-ring (bicyclic) bond motifs is 1. The molecule has 0 fully saturated rings. The van der Waals surface area contributed by atoms with Gasteiger partial charge in [-0.2, -0.15) is 0 Å². The first kappa shape index (κ1) is 18.3. The van der Waals surface area contributed by atoms with Crippen molar-refractivity contribution in [2.75, 3.05) is 6.54 Å². The van der Waals surface area contributed by atoms with Crippen LogP contribution in [0, 0.1) is 0 Å². The normalized spacial score (nSPS) is 15.2. The molecule has 0 aromatic heterocycles. The van der Waals surface area contributed by atoms with Crippen molar-refractivity contribution < 1.29 is 9.59 Å². The molecule has 1 aliphatic carbocycles. The van der Waals surface area contributed by atoms with Crippen molar-refractivity contribution in [3.05, 3.63) is 34.9 Å². The SMILES string of the molecule is CC(NC(=O)NCC(=O)NC(C)(C)C)c1ccc2c(c1)CCCC2. The van der Waals surface area contributed by atoms with Gasteiger partial charge in [-0.05, 0) is 70.1 Å². The van der Waals surface area contributed by atoms with Crippen molar-refractivity contribution in [3.63, 3.8) is 0 Å². The molecule has 0 aliphatic heterocycles. The Bertz CT molecular complexity index is 605. The number of urea groups is 1. The van der Waals surface area contributed by atoms with E-state index in [0.717, 1.165) is 18.4 Å². The quantitative estimate of drug-likeness (QED) is 0.794. The van der Waals surface area contributed by atoms with Crippen LogP contribution in [0.15, 0.2) is 18.2 Å². The molecule has 1 atom stereocenters. The minimum absolute atomic E-state index is 0.0278. The topological polar surface area (TPSA) is 70.2 Å². The highest BCUT2D eigenvalue weighted by Gasteiger charge is 2.16. The lowest BCUT2D eigenvalue weighted by atomic mass is 9.89. The first-order valence-electron chi connectivity index (χ1n) is 8.72. The summed E-state index contributed by atoms with van der Waals surface area (Å²) in [5, 5.41) is 8.31. The fraction of sp³-hybridized carbons (Fsp3) is 0.579. The highest BCUT2D eigenvalue weighted by atomic mass is 16.2. The molecule has 1 aliphatic rings. The van der Waals surface area contributed by atoms with Crippen LogP contribution in [0.4, 0.5) is 4.79 Å². The Hall–Kier alpha value is -2.04. The van der Waals surface area contributed by atoms with E-state index in [4.69, 9.17) is 0 Å². The number of carbonyl (C=O) groups excluding carboxylic acids is 2. The molecular formula is C19H29N3O2. The number of hydrogen-bond donors (Lipinski definition) is 3. The monoisotopic (exact) mass is 331 g/mol. The van der Waals surface area contributed by atoms with E-state index in [0.29, 0.717) is 0 Å². The Morgan fingerprint density at radius 3 is 2.46 bits per heavy atom. The Balaban J connectivity index is 1.84. The fourth-order valence-corrected chi connectivity index (χ4v) is 2.98. The summed E-state index contributed by atoms with van der Waals surface area (Å²) in [4.78, 5) is 23.7. The molecule has 5 heteroatoms. The standard InChI is InChI=1S/C19H29N3O2/c1-13(15-10-9-14-7-5-6-8-16(14)11-15)21-18(24)20-12-17(23)22-19(2,3)4/h9-11,13H,5-8,12H2,1-4H3,(H,22,23)(H2,20,21,24). The summed E-state index contributed by atoms with van der Waals surface area (Å²) < 4.78 is 0. The van der Waals surface area contributed by atoms with E-state index in [9.17, 15) is 9.59 Å². The van der Waals surface area contributed by atoms with Gasteiger partial charge in [-0.25, -0.2) is 4.79 Å². The number of hydrogen-bond acceptors (Lipinski definition) is 2. The van der Waals surface area contributed by atoms with Gasteiger partial charge in [0.25, 0.3) is 0 Å². The van der Waals surface area contributed by atoms with E-state index in [1.54, 1.807) is 0 Å². The first-order chi connectivity index (χ1) is 11.2. The maximum atomic E-state index is 12.0. The number of amides is 3. The first-order valence-corrected chi connectivity index (χ1v) is 8.72. The Labute approximate surface area is 144 Å². The van der Waals surface area contributed by atoms with Crippen LogP contribution in [0.5, 0.6) is 0 Å². The van der Waals surface area contributed by atoms with Crippen LogP contribution in [-0.4, -0.2) is 24.0 Å². The largest absolute Gasteiger partial charge is 0.350 e. The van der Waals surface area contributed by atoms with Crippen molar-refractivity contribution in [2.45, 2.75) is 65.0 Å². The number of benzene rings is 1. The summed E-state index contributed by atoms with van der Waals surface area (Å²) in [6.45, 7) is 7.65. The average Bonchev–Trinajstić information content (AvgIpc) is 2.51. The molecule has 2 rings (SSSR count). The second kappa shape index (κ2) is 7.69. The highest BCUT2D eigenvalue weighted by molar-refractivity contribution is 5.84. The zero-order chi connectivity index (χ0) is 17.7. The lowest BCUT2D eigenvalue weighted by Crippen LogP contribution is -2.47. The van der Waals surface area contributed by atoms with Crippen molar-refractivity contribution in [1.82, 2.24) is 16.0 Å². The summed E-state index contributed by atoms with van der Waals surface area (Å²) >= 11 is 0. The fourth-order valence-electron chi connectivity index (χ4n) is 2.98. The zero-order valence-electron chi connectivity index (χ0n) is 15.2. The minimum atomic E-state index is -0.329. The van der Waals surface area contributed by atoms with E-state index < -0.39 is 0 Å². The van der Waals surface area contributed by atoms with Crippen LogP contribution in [0.1, 0.15) is 63.3 Å². The molecular weight excluding hydrogens is 302 g/mol. The van der Waals surface area contributed by atoms with Gasteiger partial charge in [0.05, 0.1) is 12.6 Å². The molecule has 5 nitrogen and oxygen atoms in total. The molecule has 0 saturated carbocycles. The summed E-state index contributed by atoms with van der Waals surface area (Å²) in [7, 11) is 0. The maximum Gasteiger partial charge on any atom is 0.315 e. The average molecular weight is 331 g/mol. The van der Waals surface area contributed by atoms with Gasteiger partial charge in [0.2, 0.25) is 5.91 Å². The van der Waals surface area contributed by atoms with E-state index >= 15 is 0 Å². The van der Waals surface area contributed by atoms with Crippen molar-refractivity contribution >= 4 is 11.9 Å². The van der Waals surface area contributed by atoms with Gasteiger partial charge in [0, 0.05) is 5.54 Å². The van der Waals surface area contributed by atoms with Crippen LogP contribution < -0.4 is 16.0 Å². The third-order valence-electron chi connectivity index (χ3n) is 4.14. The second-order valence-electron chi connectivity index (χ2n) is 7.58. The van der Waals surface area contributed by atoms with Crippen LogP contribution in [0.3, 0.4) is 0 Å². The molecule has 132 valence electrons. The Kier molecular flexibility index (Phi) is 5.86. The third-order valence-corrected chi connectivity index (χ3v) is 4.14. The molecule has 24 heavy (non-hydrogen) atoms. The summed E-state index contributed by atoms with van der Waals surface area (Å²) in [6.07, 6.45) is 4.77. The van der Waals surface area contributed by atoms with E-state index in [-0.39, 0.29) is 30.1 Å². The van der Waals surface area contributed by atoms with Crippen molar-refractivity contribution in [2.24, 2.45) is 0 Å². The van der Waals surface area contributed by atoms with Gasteiger partial charge in [-0.1, -0.05) is 18.2 Å². The molecule has 1 aromatic rings. The van der Waals surface area contributed by atoms with Crippen molar-refractivity contribution in [3.8, 4) is 0 Å². The zero-order valence-corrected chi connectivity index (χ0v) is 15.2. The number of nitrogens with one attached hydrogen (secondary N) is 3. The third kappa shape index (κ3) is 5.55. The summed E-state index contributed by atoms with van der Waals surface area (Å²) in [5.74, 6) is -0.195. The van der Waals surface area contributed by atoms with Gasteiger partial charge < -0.3 is 16.0 Å². The Morgan fingerprint density at radius 1 is 1.12 bits per heavy atom. The lowest BCUT2D eigenvalue weighted by Gasteiger charge is -2.21. The second-order valence-corrected chi connectivity index (χ2v) is 7.58. The minimum Gasteiger partial charge on any atom is -0.350 e. The number of carbonyl (C=O) groups is 2. The summed E-state index contributed by atoms with van der Waals surface area (Å²) in [5.41, 5.74) is 3.63. The Morgan fingerprint density at radius 2 is 1.79 bits per heavy atom. The van der Waals surface area contributed by atoms with E-state index in [2.05, 4.69) is 34.1 Å². The molecule has 3 N–H and O–H groups in total. The molecule has 3 amide bonds. The predicted molar refractivity (Wildman–Crippen MR) is 95.9 cm³/mol. The molecule has 1 unspecified atom stereocenters. The lowest BCUT2D eigenvalue weighted by molar-refractivity contribution is -0.121. The molecule has 0 radical (unpaired) electrons. The van der Waals surface area contributed by atoms with Gasteiger partial charge in [0.1, 0.15) is 0 Å². The predicted octanol–water partition coefficient (Wildman–Crippen LogP) is 2.84. The van der Waals surface area contributed by atoms with Gasteiger partial charge >= 0.3 is 6.03 Å². The van der Waals surface area contributed by atoms with Gasteiger partial charge in [-0.15, -0.1) is 0 Å².